The Morgan fingerprint density at radius 1 is 1.28 bits per heavy atom. The molecule has 0 bridgehead atoms. The molecule has 1 aromatic carbocycles. The van der Waals surface area contributed by atoms with Gasteiger partial charge in [0.25, 0.3) is 0 Å². The third-order valence-corrected chi connectivity index (χ3v) is 4.07. The van der Waals surface area contributed by atoms with Gasteiger partial charge < -0.3 is 4.74 Å². The van der Waals surface area contributed by atoms with Crippen LogP contribution in [-0.2, 0) is 0 Å². The average molecular weight is 250 g/mol. The summed E-state index contributed by atoms with van der Waals surface area (Å²) in [6.45, 7) is 4.48. The van der Waals surface area contributed by atoms with E-state index in [1.54, 1.807) is 6.07 Å². The Morgan fingerprint density at radius 3 is 2.61 bits per heavy atom. The minimum Gasteiger partial charge on any atom is -0.490 e. The molecule has 0 spiro atoms. The molecule has 2 heteroatoms. The summed E-state index contributed by atoms with van der Waals surface area (Å²) >= 11 is 0. The highest BCUT2D eigenvalue weighted by Crippen LogP contribution is 2.33. The van der Waals surface area contributed by atoms with Gasteiger partial charge in [0.05, 0.1) is 0 Å². The van der Waals surface area contributed by atoms with E-state index in [0.717, 1.165) is 12.3 Å². The van der Waals surface area contributed by atoms with E-state index in [1.807, 2.05) is 6.07 Å². The maximum Gasteiger partial charge on any atom is 0.126 e. The van der Waals surface area contributed by atoms with Crippen molar-refractivity contribution in [3.05, 3.63) is 30.1 Å². The van der Waals surface area contributed by atoms with Crippen LogP contribution in [-0.4, -0.2) is 6.10 Å². The number of hydrogen-bond donors (Lipinski definition) is 0. The number of rotatable bonds is 4. The van der Waals surface area contributed by atoms with E-state index >= 15 is 0 Å². The first-order valence-corrected chi connectivity index (χ1v) is 7.11. The standard InChI is InChI=1S/C16H23FO/c1-3-16(13-9-7-12(2)8-10-13)18-15-6-4-5-14(17)11-15/h4-6,11-13,16H,3,7-10H2,1-2H3. The third-order valence-electron chi connectivity index (χ3n) is 4.07. The molecule has 1 saturated carbocycles. The minimum absolute atomic E-state index is 0.223. The maximum absolute atomic E-state index is 13.1. The van der Waals surface area contributed by atoms with Crippen molar-refractivity contribution in [2.24, 2.45) is 11.8 Å². The van der Waals surface area contributed by atoms with Crippen LogP contribution in [0, 0.1) is 17.7 Å². The fourth-order valence-corrected chi connectivity index (χ4v) is 2.89. The van der Waals surface area contributed by atoms with E-state index in [2.05, 4.69) is 13.8 Å². The van der Waals surface area contributed by atoms with Crippen molar-refractivity contribution in [1.29, 1.82) is 0 Å². The lowest BCUT2D eigenvalue weighted by Gasteiger charge is -2.32. The molecule has 1 nitrogen and oxygen atoms in total. The molecule has 1 unspecified atom stereocenters. The highest BCUT2D eigenvalue weighted by Gasteiger charge is 2.26. The van der Waals surface area contributed by atoms with E-state index in [-0.39, 0.29) is 11.9 Å². The molecule has 1 atom stereocenters. The quantitative estimate of drug-likeness (QED) is 0.745. The molecule has 1 aromatic rings. The number of benzene rings is 1. The molecule has 0 heterocycles. The molecular formula is C16H23FO. The second-order valence-electron chi connectivity index (χ2n) is 5.54. The molecule has 100 valence electrons. The molecular weight excluding hydrogens is 227 g/mol. The smallest absolute Gasteiger partial charge is 0.126 e. The normalized spacial score (nSPS) is 25.7. The fourth-order valence-electron chi connectivity index (χ4n) is 2.89. The summed E-state index contributed by atoms with van der Waals surface area (Å²) in [4.78, 5) is 0. The van der Waals surface area contributed by atoms with E-state index in [9.17, 15) is 4.39 Å². The first kappa shape index (κ1) is 13.4. The van der Waals surface area contributed by atoms with Gasteiger partial charge in [-0.3, -0.25) is 0 Å². The Kier molecular flexibility index (Phi) is 4.62. The summed E-state index contributed by atoms with van der Waals surface area (Å²) in [5, 5.41) is 0. The van der Waals surface area contributed by atoms with Crippen molar-refractivity contribution in [1.82, 2.24) is 0 Å². The Labute approximate surface area is 109 Å². The predicted octanol–water partition coefficient (Wildman–Crippen LogP) is 4.81. The van der Waals surface area contributed by atoms with E-state index in [0.29, 0.717) is 11.7 Å². The molecule has 1 aliphatic carbocycles. The molecule has 0 aliphatic heterocycles. The summed E-state index contributed by atoms with van der Waals surface area (Å²) in [6.07, 6.45) is 6.32. The molecule has 0 amide bonds. The number of halogens is 1. The Balaban J connectivity index is 1.96. The maximum atomic E-state index is 13.1. The van der Waals surface area contributed by atoms with Crippen LogP contribution in [0.3, 0.4) is 0 Å². The van der Waals surface area contributed by atoms with Gasteiger partial charge in [-0.05, 0) is 43.2 Å². The van der Waals surface area contributed by atoms with Gasteiger partial charge >= 0.3 is 0 Å². The van der Waals surface area contributed by atoms with Crippen LogP contribution >= 0.6 is 0 Å². The zero-order chi connectivity index (χ0) is 13.0. The predicted molar refractivity (Wildman–Crippen MR) is 72.2 cm³/mol. The van der Waals surface area contributed by atoms with Gasteiger partial charge in [-0.15, -0.1) is 0 Å². The van der Waals surface area contributed by atoms with E-state index in [4.69, 9.17) is 4.74 Å². The highest BCUT2D eigenvalue weighted by molar-refractivity contribution is 5.22. The second-order valence-corrected chi connectivity index (χ2v) is 5.54. The SMILES string of the molecule is CCC(Oc1cccc(F)c1)C1CCC(C)CC1. The number of ether oxygens (including phenoxy) is 1. The average Bonchev–Trinajstić information content (AvgIpc) is 2.37. The Bertz CT molecular complexity index is 369. The van der Waals surface area contributed by atoms with Crippen LogP contribution in [0.15, 0.2) is 24.3 Å². The largest absolute Gasteiger partial charge is 0.490 e. The monoisotopic (exact) mass is 250 g/mol. The van der Waals surface area contributed by atoms with Crippen molar-refractivity contribution < 1.29 is 9.13 Å². The molecule has 2 rings (SSSR count). The molecule has 18 heavy (non-hydrogen) atoms. The van der Waals surface area contributed by atoms with Gasteiger partial charge in [-0.1, -0.05) is 32.8 Å². The molecule has 1 aliphatic rings. The van der Waals surface area contributed by atoms with E-state index < -0.39 is 0 Å². The lowest BCUT2D eigenvalue weighted by atomic mass is 9.79. The lowest BCUT2D eigenvalue weighted by Crippen LogP contribution is -2.29. The summed E-state index contributed by atoms with van der Waals surface area (Å²) in [6, 6.07) is 6.49. The van der Waals surface area contributed by atoms with Crippen molar-refractivity contribution in [2.45, 2.75) is 52.1 Å². The zero-order valence-electron chi connectivity index (χ0n) is 11.4. The minimum atomic E-state index is -0.223. The second kappa shape index (κ2) is 6.21. The van der Waals surface area contributed by atoms with Gasteiger partial charge in [-0.2, -0.15) is 0 Å². The molecule has 0 aromatic heterocycles. The molecule has 0 radical (unpaired) electrons. The van der Waals surface area contributed by atoms with Gasteiger partial charge in [0.2, 0.25) is 0 Å². The van der Waals surface area contributed by atoms with Crippen molar-refractivity contribution in [3.63, 3.8) is 0 Å². The topological polar surface area (TPSA) is 9.23 Å². The van der Waals surface area contributed by atoms with Crippen molar-refractivity contribution >= 4 is 0 Å². The molecule has 0 saturated heterocycles. The van der Waals surface area contributed by atoms with Crippen LogP contribution in [0.1, 0.15) is 46.0 Å². The molecule has 1 fully saturated rings. The first-order chi connectivity index (χ1) is 8.69. The van der Waals surface area contributed by atoms with Gasteiger partial charge in [0, 0.05) is 6.07 Å². The molecule has 0 N–H and O–H groups in total. The van der Waals surface area contributed by atoms with Crippen LogP contribution in [0.25, 0.3) is 0 Å². The van der Waals surface area contributed by atoms with Gasteiger partial charge in [0.15, 0.2) is 0 Å². The van der Waals surface area contributed by atoms with Gasteiger partial charge in [-0.25, -0.2) is 4.39 Å². The third kappa shape index (κ3) is 3.47. The van der Waals surface area contributed by atoms with Crippen molar-refractivity contribution in [2.75, 3.05) is 0 Å². The Morgan fingerprint density at radius 2 is 2.00 bits per heavy atom. The Hall–Kier alpha value is -1.05. The van der Waals surface area contributed by atoms with Crippen molar-refractivity contribution in [3.8, 4) is 5.75 Å². The lowest BCUT2D eigenvalue weighted by molar-refractivity contribution is 0.0934. The summed E-state index contributed by atoms with van der Waals surface area (Å²) in [5.41, 5.74) is 0. The highest BCUT2D eigenvalue weighted by atomic mass is 19.1. The summed E-state index contributed by atoms with van der Waals surface area (Å²) in [7, 11) is 0. The van der Waals surface area contributed by atoms with Crippen LogP contribution < -0.4 is 4.74 Å². The zero-order valence-corrected chi connectivity index (χ0v) is 11.4. The first-order valence-electron chi connectivity index (χ1n) is 7.11. The van der Waals surface area contributed by atoms with Crippen LogP contribution in [0.2, 0.25) is 0 Å². The van der Waals surface area contributed by atoms with Crippen LogP contribution in [0.4, 0.5) is 4.39 Å². The fraction of sp³-hybridized carbons (Fsp3) is 0.625. The van der Waals surface area contributed by atoms with Crippen LogP contribution in [0.5, 0.6) is 5.75 Å². The van der Waals surface area contributed by atoms with Gasteiger partial charge in [0.1, 0.15) is 17.7 Å². The summed E-state index contributed by atoms with van der Waals surface area (Å²) < 4.78 is 19.1. The van der Waals surface area contributed by atoms with E-state index in [1.165, 1.54) is 37.8 Å². The summed E-state index contributed by atoms with van der Waals surface area (Å²) in [5.74, 6) is 1.93. The number of hydrogen-bond acceptors (Lipinski definition) is 1.